The lowest BCUT2D eigenvalue weighted by Crippen LogP contribution is -2.32. The molecule has 0 unspecified atom stereocenters. The highest BCUT2D eigenvalue weighted by Crippen LogP contribution is 2.46. The Morgan fingerprint density at radius 2 is 1.42 bits per heavy atom. The second kappa shape index (κ2) is 7.09. The van der Waals surface area contributed by atoms with E-state index in [0.717, 1.165) is 13.0 Å². The van der Waals surface area contributed by atoms with Crippen molar-refractivity contribution in [3.63, 3.8) is 0 Å². The van der Waals surface area contributed by atoms with Gasteiger partial charge in [-0.1, -0.05) is 76.6 Å². The standard InChI is InChI=1S/C21H19BrNP/c22-18-13-14-21-17(16-18)8-7-15-23(21)24(19-9-3-1-4-10-19)20-11-5-2-6-12-20/h1-6,9-14,16H,7-8,15H2. The van der Waals surface area contributed by atoms with E-state index in [2.05, 4.69) is 99.5 Å². The van der Waals surface area contributed by atoms with Crippen LogP contribution in [0.1, 0.15) is 12.0 Å². The Balaban J connectivity index is 1.84. The summed E-state index contributed by atoms with van der Waals surface area (Å²) in [4.78, 5) is 0. The summed E-state index contributed by atoms with van der Waals surface area (Å²) in [7, 11) is -0.547. The predicted octanol–water partition coefficient (Wildman–Crippen LogP) is 5.25. The average Bonchev–Trinajstić information content (AvgIpc) is 2.64. The maximum absolute atomic E-state index is 3.62. The van der Waals surface area contributed by atoms with Crippen LogP contribution in [0.5, 0.6) is 0 Å². The van der Waals surface area contributed by atoms with Crippen molar-refractivity contribution in [1.29, 1.82) is 0 Å². The van der Waals surface area contributed by atoms with Crippen molar-refractivity contribution in [3.8, 4) is 0 Å². The summed E-state index contributed by atoms with van der Waals surface area (Å²) in [6.45, 7) is 1.12. The molecule has 3 heteroatoms. The summed E-state index contributed by atoms with van der Waals surface area (Å²) in [5.74, 6) is 0. The molecule has 1 nitrogen and oxygen atoms in total. The minimum Gasteiger partial charge on any atom is -0.343 e. The number of rotatable bonds is 3. The third-order valence-corrected chi connectivity index (χ3v) is 7.34. The van der Waals surface area contributed by atoms with Crippen LogP contribution in [0.4, 0.5) is 5.69 Å². The molecule has 4 rings (SSSR count). The van der Waals surface area contributed by atoms with Gasteiger partial charge in [0.15, 0.2) is 0 Å². The Bertz CT molecular complexity index is 780. The van der Waals surface area contributed by atoms with Crippen LogP contribution in [0.15, 0.2) is 83.3 Å². The van der Waals surface area contributed by atoms with Gasteiger partial charge in [-0.3, -0.25) is 0 Å². The van der Waals surface area contributed by atoms with Crippen LogP contribution in [0.2, 0.25) is 0 Å². The number of benzene rings is 3. The van der Waals surface area contributed by atoms with Crippen LogP contribution < -0.4 is 15.3 Å². The zero-order chi connectivity index (χ0) is 16.4. The molecule has 1 aliphatic heterocycles. The average molecular weight is 396 g/mol. The molecule has 0 aromatic heterocycles. The molecule has 0 spiro atoms. The molecule has 0 fully saturated rings. The summed E-state index contributed by atoms with van der Waals surface area (Å²) in [5, 5.41) is 2.82. The third kappa shape index (κ3) is 3.14. The van der Waals surface area contributed by atoms with Crippen molar-refractivity contribution < 1.29 is 0 Å². The zero-order valence-corrected chi connectivity index (χ0v) is 15.9. The molecule has 1 heterocycles. The van der Waals surface area contributed by atoms with E-state index in [-0.39, 0.29) is 0 Å². The van der Waals surface area contributed by atoms with Crippen molar-refractivity contribution in [2.24, 2.45) is 0 Å². The normalized spacial score (nSPS) is 13.8. The Labute approximate surface area is 153 Å². The fourth-order valence-corrected chi connectivity index (χ4v) is 6.25. The monoisotopic (exact) mass is 395 g/mol. The van der Waals surface area contributed by atoms with Gasteiger partial charge in [-0.05, 0) is 36.6 Å². The second-order valence-corrected chi connectivity index (χ2v) is 9.04. The van der Waals surface area contributed by atoms with Gasteiger partial charge in [-0.2, -0.15) is 0 Å². The van der Waals surface area contributed by atoms with Crippen molar-refractivity contribution in [2.75, 3.05) is 11.2 Å². The van der Waals surface area contributed by atoms with Crippen molar-refractivity contribution in [3.05, 3.63) is 88.9 Å². The summed E-state index contributed by atoms with van der Waals surface area (Å²) >= 11 is 3.62. The minimum atomic E-state index is -0.547. The summed E-state index contributed by atoms with van der Waals surface area (Å²) in [6.07, 6.45) is 2.37. The largest absolute Gasteiger partial charge is 0.343 e. The van der Waals surface area contributed by atoms with E-state index >= 15 is 0 Å². The van der Waals surface area contributed by atoms with E-state index in [4.69, 9.17) is 0 Å². The quantitative estimate of drug-likeness (QED) is 0.547. The SMILES string of the molecule is Brc1ccc2c(c1)CCCN2P(c1ccccc1)c1ccccc1. The molecular formula is C21H19BrNP. The van der Waals surface area contributed by atoms with Crippen molar-refractivity contribution >= 4 is 40.3 Å². The number of hydrogen-bond acceptors (Lipinski definition) is 1. The highest BCUT2D eigenvalue weighted by molar-refractivity contribution is 9.10. The van der Waals surface area contributed by atoms with Crippen LogP contribution >= 0.6 is 24.0 Å². The van der Waals surface area contributed by atoms with Crippen LogP contribution in [0, 0.1) is 0 Å². The summed E-state index contributed by atoms with van der Waals surface area (Å²) < 4.78 is 3.80. The molecule has 0 amide bonds. The maximum Gasteiger partial charge on any atom is 0.0550 e. The first kappa shape index (κ1) is 15.9. The van der Waals surface area contributed by atoms with Crippen LogP contribution in [-0.4, -0.2) is 6.54 Å². The van der Waals surface area contributed by atoms with Crippen LogP contribution in [0.25, 0.3) is 0 Å². The number of fused-ring (bicyclic) bond motifs is 1. The minimum absolute atomic E-state index is 0.547. The van der Waals surface area contributed by atoms with Gasteiger partial charge in [0.25, 0.3) is 0 Å². The highest BCUT2D eigenvalue weighted by Gasteiger charge is 2.27. The molecule has 0 radical (unpaired) electrons. The molecule has 0 aliphatic carbocycles. The lowest BCUT2D eigenvalue weighted by molar-refractivity contribution is 0.792. The second-order valence-electron chi connectivity index (χ2n) is 5.98. The van der Waals surface area contributed by atoms with Gasteiger partial charge in [0, 0.05) is 27.3 Å². The van der Waals surface area contributed by atoms with Gasteiger partial charge in [0.1, 0.15) is 0 Å². The number of aryl methyl sites for hydroxylation is 1. The van der Waals surface area contributed by atoms with Gasteiger partial charge in [0.05, 0.1) is 8.07 Å². The van der Waals surface area contributed by atoms with Gasteiger partial charge >= 0.3 is 0 Å². The van der Waals surface area contributed by atoms with Crippen molar-refractivity contribution in [1.82, 2.24) is 0 Å². The topological polar surface area (TPSA) is 3.24 Å². The summed E-state index contributed by atoms with van der Waals surface area (Å²) in [5.41, 5.74) is 2.85. The molecule has 0 N–H and O–H groups in total. The van der Waals surface area contributed by atoms with Crippen LogP contribution in [-0.2, 0) is 6.42 Å². The Morgan fingerprint density at radius 3 is 2.04 bits per heavy atom. The Morgan fingerprint density at radius 1 is 0.792 bits per heavy atom. The number of hydrogen-bond donors (Lipinski definition) is 0. The van der Waals surface area contributed by atoms with E-state index in [1.54, 1.807) is 0 Å². The molecule has 0 bridgehead atoms. The zero-order valence-electron chi connectivity index (χ0n) is 13.4. The molecule has 1 aliphatic rings. The fourth-order valence-electron chi connectivity index (χ4n) is 3.32. The van der Waals surface area contributed by atoms with E-state index in [0.29, 0.717) is 0 Å². The lowest BCUT2D eigenvalue weighted by atomic mass is 10.0. The summed E-state index contributed by atoms with van der Waals surface area (Å²) in [6, 6.07) is 28.6. The van der Waals surface area contributed by atoms with Gasteiger partial charge < -0.3 is 4.67 Å². The number of halogens is 1. The predicted molar refractivity (Wildman–Crippen MR) is 109 cm³/mol. The highest BCUT2D eigenvalue weighted by atomic mass is 79.9. The molecule has 0 saturated heterocycles. The number of anilines is 1. The van der Waals surface area contributed by atoms with E-state index < -0.39 is 8.07 Å². The molecule has 0 atom stereocenters. The number of nitrogens with zero attached hydrogens (tertiary/aromatic N) is 1. The van der Waals surface area contributed by atoms with Crippen LogP contribution in [0.3, 0.4) is 0 Å². The first-order valence-electron chi connectivity index (χ1n) is 8.29. The third-order valence-electron chi connectivity index (χ3n) is 4.38. The molecule has 3 aromatic rings. The Kier molecular flexibility index (Phi) is 4.69. The van der Waals surface area contributed by atoms with E-state index in [1.807, 2.05) is 0 Å². The molecule has 0 saturated carbocycles. The Hall–Kier alpha value is -1.63. The maximum atomic E-state index is 3.62. The smallest absolute Gasteiger partial charge is 0.0550 e. The lowest BCUT2D eigenvalue weighted by Gasteiger charge is -2.38. The van der Waals surface area contributed by atoms with Gasteiger partial charge in [-0.15, -0.1) is 0 Å². The molecule has 3 aromatic carbocycles. The first-order valence-corrected chi connectivity index (χ1v) is 10.4. The van der Waals surface area contributed by atoms with E-state index in [9.17, 15) is 0 Å². The first-order chi connectivity index (χ1) is 11.8. The molecule has 24 heavy (non-hydrogen) atoms. The van der Waals surface area contributed by atoms with Crippen molar-refractivity contribution in [2.45, 2.75) is 12.8 Å². The van der Waals surface area contributed by atoms with E-state index in [1.165, 1.54) is 32.8 Å². The molecule has 120 valence electrons. The van der Waals surface area contributed by atoms with Gasteiger partial charge in [-0.25, -0.2) is 0 Å². The molecular weight excluding hydrogens is 377 g/mol. The van der Waals surface area contributed by atoms with Gasteiger partial charge in [0.2, 0.25) is 0 Å². The fraction of sp³-hybridized carbons (Fsp3) is 0.143.